The third-order valence-corrected chi connectivity index (χ3v) is 5.38. The Kier molecular flexibility index (Phi) is 7.65. The molecular formula is C22H22Cl3N7O. The molecule has 0 saturated heterocycles. The average molecular weight is 507 g/mol. The topological polar surface area (TPSA) is 95.8 Å². The number of halogens is 3. The number of aryl methyl sites for hydroxylation is 1. The fraction of sp³-hybridized carbons (Fsp3) is 0.136. The number of hydrogen-bond donors (Lipinski definition) is 2. The highest BCUT2D eigenvalue weighted by molar-refractivity contribution is 6.32. The maximum atomic E-state index is 6.54. The number of benzene rings is 2. The number of ether oxygens (including phenoxy) is 1. The van der Waals surface area contributed by atoms with Crippen LogP contribution in [0.4, 0.5) is 11.5 Å². The highest BCUT2D eigenvalue weighted by atomic mass is 35.5. The van der Waals surface area contributed by atoms with E-state index in [0.29, 0.717) is 35.4 Å². The lowest BCUT2D eigenvalue weighted by atomic mass is 10.2. The van der Waals surface area contributed by atoms with E-state index < -0.39 is 0 Å². The number of hydrogen-bond acceptors (Lipinski definition) is 6. The molecule has 0 aliphatic rings. The lowest BCUT2D eigenvalue weighted by Gasteiger charge is -2.12. The van der Waals surface area contributed by atoms with Gasteiger partial charge in [0.25, 0.3) is 0 Å². The van der Waals surface area contributed by atoms with Gasteiger partial charge in [-0.25, -0.2) is 9.97 Å². The third-order valence-electron chi connectivity index (χ3n) is 5.09. The number of aromatic nitrogens is 5. The van der Waals surface area contributed by atoms with Crippen molar-refractivity contribution in [3.8, 4) is 11.5 Å². The van der Waals surface area contributed by atoms with E-state index in [4.69, 9.17) is 22.1 Å². The van der Waals surface area contributed by atoms with Crippen LogP contribution in [0.3, 0.4) is 0 Å². The molecule has 0 atom stereocenters. The molecule has 0 unspecified atom stereocenters. The van der Waals surface area contributed by atoms with Gasteiger partial charge in [-0.15, -0.1) is 24.8 Å². The number of fused-ring (bicyclic) bond motifs is 2. The Morgan fingerprint density at radius 1 is 1.09 bits per heavy atom. The van der Waals surface area contributed by atoms with Gasteiger partial charge in [0, 0.05) is 32.0 Å². The first kappa shape index (κ1) is 24.6. The van der Waals surface area contributed by atoms with E-state index >= 15 is 0 Å². The van der Waals surface area contributed by atoms with Crippen molar-refractivity contribution in [2.45, 2.75) is 6.54 Å². The molecule has 11 heteroatoms. The van der Waals surface area contributed by atoms with E-state index in [9.17, 15) is 0 Å². The van der Waals surface area contributed by atoms with Gasteiger partial charge in [0.15, 0.2) is 5.82 Å². The van der Waals surface area contributed by atoms with Gasteiger partial charge in [-0.3, -0.25) is 4.68 Å². The summed E-state index contributed by atoms with van der Waals surface area (Å²) in [6.07, 6.45) is 5.27. The van der Waals surface area contributed by atoms with E-state index in [1.165, 1.54) is 6.33 Å². The van der Waals surface area contributed by atoms with Gasteiger partial charge in [-0.1, -0.05) is 17.7 Å². The van der Waals surface area contributed by atoms with Crippen molar-refractivity contribution in [1.29, 1.82) is 0 Å². The summed E-state index contributed by atoms with van der Waals surface area (Å²) in [6.45, 7) is 1.21. The minimum absolute atomic E-state index is 0. The molecule has 0 radical (unpaired) electrons. The highest BCUT2D eigenvalue weighted by Crippen LogP contribution is 2.36. The molecule has 33 heavy (non-hydrogen) atoms. The third kappa shape index (κ3) is 4.69. The summed E-state index contributed by atoms with van der Waals surface area (Å²) >= 11 is 6.54. The van der Waals surface area contributed by atoms with Crippen LogP contribution >= 0.6 is 36.4 Å². The van der Waals surface area contributed by atoms with E-state index in [-0.39, 0.29) is 24.8 Å². The van der Waals surface area contributed by atoms with E-state index in [2.05, 4.69) is 20.4 Å². The van der Waals surface area contributed by atoms with Crippen LogP contribution in [0.1, 0.15) is 0 Å². The fourth-order valence-electron chi connectivity index (χ4n) is 3.61. The Bertz CT molecular complexity index is 1400. The molecule has 3 aromatic heterocycles. The smallest absolute Gasteiger partial charge is 0.158 e. The molecular weight excluding hydrogens is 485 g/mol. The number of nitrogens with two attached hydrogens (primary N) is 1. The summed E-state index contributed by atoms with van der Waals surface area (Å²) in [5, 5.41) is 9.03. The molecule has 0 bridgehead atoms. The maximum absolute atomic E-state index is 6.54. The maximum Gasteiger partial charge on any atom is 0.158 e. The van der Waals surface area contributed by atoms with Crippen molar-refractivity contribution >= 4 is 69.9 Å². The molecule has 3 N–H and O–H groups in total. The first-order valence-corrected chi connectivity index (χ1v) is 10.2. The largest absolute Gasteiger partial charge is 0.455 e. The zero-order chi connectivity index (χ0) is 21.4. The number of rotatable bonds is 6. The second-order valence-corrected chi connectivity index (χ2v) is 7.49. The number of nitrogens with zero attached hydrogens (tertiary/aromatic N) is 5. The summed E-state index contributed by atoms with van der Waals surface area (Å²) in [5.41, 5.74) is 9.25. The monoisotopic (exact) mass is 505 g/mol. The van der Waals surface area contributed by atoms with Gasteiger partial charge < -0.3 is 20.4 Å². The molecule has 0 spiro atoms. The normalized spacial score (nSPS) is 10.6. The van der Waals surface area contributed by atoms with Crippen molar-refractivity contribution in [3.05, 3.63) is 66.2 Å². The van der Waals surface area contributed by atoms with Crippen molar-refractivity contribution in [3.63, 3.8) is 0 Å². The van der Waals surface area contributed by atoms with Crippen LogP contribution in [0.15, 0.2) is 61.2 Å². The van der Waals surface area contributed by atoms with Crippen LogP contribution < -0.4 is 15.8 Å². The molecule has 2 aromatic carbocycles. The first-order chi connectivity index (χ1) is 15.1. The summed E-state index contributed by atoms with van der Waals surface area (Å²) < 4.78 is 9.93. The Balaban J connectivity index is 0.00000153. The Morgan fingerprint density at radius 2 is 1.94 bits per heavy atom. The van der Waals surface area contributed by atoms with Crippen molar-refractivity contribution in [2.24, 2.45) is 12.8 Å². The Hall–Kier alpha value is -3.04. The van der Waals surface area contributed by atoms with Crippen LogP contribution in [0.25, 0.3) is 21.9 Å². The van der Waals surface area contributed by atoms with Crippen molar-refractivity contribution < 1.29 is 4.74 Å². The molecule has 0 saturated carbocycles. The predicted molar refractivity (Wildman–Crippen MR) is 137 cm³/mol. The summed E-state index contributed by atoms with van der Waals surface area (Å²) in [7, 11) is 1.90. The van der Waals surface area contributed by atoms with E-state index in [0.717, 1.165) is 27.6 Å². The van der Waals surface area contributed by atoms with E-state index in [1.54, 1.807) is 10.9 Å². The minimum atomic E-state index is 0. The Labute approximate surface area is 207 Å². The summed E-state index contributed by atoms with van der Waals surface area (Å²) in [5.74, 6) is 1.95. The van der Waals surface area contributed by atoms with E-state index in [1.807, 2.05) is 60.3 Å². The molecule has 172 valence electrons. The van der Waals surface area contributed by atoms with Crippen LogP contribution in [-0.4, -0.2) is 30.9 Å². The minimum Gasteiger partial charge on any atom is -0.455 e. The molecule has 0 amide bonds. The fourth-order valence-corrected chi connectivity index (χ4v) is 3.83. The molecule has 5 aromatic rings. The molecule has 5 rings (SSSR count). The first-order valence-electron chi connectivity index (χ1n) is 9.79. The molecule has 3 heterocycles. The second-order valence-electron chi connectivity index (χ2n) is 7.08. The second kappa shape index (κ2) is 10.3. The van der Waals surface area contributed by atoms with Crippen LogP contribution in [0, 0.1) is 0 Å². The van der Waals surface area contributed by atoms with Gasteiger partial charge in [-0.05, 0) is 36.4 Å². The molecule has 0 aliphatic carbocycles. The average Bonchev–Trinajstić information content (AvgIpc) is 3.36. The van der Waals surface area contributed by atoms with Gasteiger partial charge in [0.2, 0.25) is 0 Å². The lowest BCUT2D eigenvalue weighted by molar-refractivity contribution is 0.488. The van der Waals surface area contributed by atoms with Crippen molar-refractivity contribution in [2.75, 3.05) is 11.9 Å². The number of anilines is 2. The predicted octanol–water partition coefficient (Wildman–Crippen LogP) is 5.31. The summed E-state index contributed by atoms with van der Waals surface area (Å²) in [6, 6.07) is 13.3. The molecule has 8 nitrogen and oxygen atoms in total. The Morgan fingerprint density at radius 3 is 2.73 bits per heavy atom. The zero-order valence-corrected chi connectivity index (χ0v) is 20.0. The SMILES string of the molecule is Cl.Cl.Cn1ncc2c(Oc3ccc(Nc4ncnc5ccn(CCN)c45)cc3Cl)cccc21. The standard InChI is InChI=1S/C22H20ClN7O.2ClH/c1-29-18-3-2-4-19(15(18)12-27-29)31-20-6-5-14(11-16(20)23)28-22-21-17(25-13-26-22)7-9-30(21)10-8-24;;/h2-7,9,11-13H,8,10,24H2,1H3,(H,25,26,28);2*1H. The van der Waals surface area contributed by atoms with Gasteiger partial charge in [0.1, 0.15) is 23.3 Å². The molecule has 0 aliphatic heterocycles. The zero-order valence-electron chi connectivity index (χ0n) is 17.6. The quantitative estimate of drug-likeness (QED) is 0.324. The van der Waals surface area contributed by atoms with Gasteiger partial charge >= 0.3 is 0 Å². The van der Waals surface area contributed by atoms with Gasteiger partial charge in [-0.2, -0.15) is 5.10 Å². The van der Waals surface area contributed by atoms with Crippen LogP contribution in [0.2, 0.25) is 5.02 Å². The van der Waals surface area contributed by atoms with Crippen LogP contribution in [0.5, 0.6) is 11.5 Å². The van der Waals surface area contributed by atoms with Crippen LogP contribution in [-0.2, 0) is 13.6 Å². The molecule has 0 fully saturated rings. The number of nitrogens with one attached hydrogen (secondary N) is 1. The highest BCUT2D eigenvalue weighted by Gasteiger charge is 2.12. The van der Waals surface area contributed by atoms with Crippen molar-refractivity contribution in [1.82, 2.24) is 24.3 Å². The van der Waals surface area contributed by atoms with Gasteiger partial charge in [0.05, 0.1) is 27.6 Å². The summed E-state index contributed by atoms with van der Waals surface area (Å²) in [4.78, 5) is 8.73. The lowest BCUT2D eigenvalue weighted by Crippen LogP contribution is -2.10.